The molecule has 3 rings (SSSR count). The van der Waals surface area contributed by atoms with Gasteiger partial charge in [0.25, 0.3) is 0 Å². The molecule has 0 saturated carbocycles. The van der Waals surface area contributed by atoms with Gasteiger partial charge in [0.05, 0.1) is 12.8 Å². The van der Waals surface area contributed by atoms with Gasteiger partial charge in [-0.15, -0.1) is 0 Å². The Kier molecular flexibility index (Phi) is 5.60. The maximum Gasteiger partial charge on any atom is 0.229 e. The summed E-state index contributed by atoms with van der Waals surface area (Å²) in [6, 6.07) is 16.3. The van der Waals surface area contributed by atoms with E-state index in [4.69, 9.17) is 4.74 Å². The topological polar surface area (TPSA) is 59.1 Å². The first-order valence-electron chi connectivity index (χ1n) is 9.09. The molecule has 5 heteroatoms. The average Bonchev–Trinajstić information content (AvgIpc) is 2.62. The Morgan fingerprint density at radius 3 is 2.30 bits per heavy atom. The summed E-state index contributed by atoms with van der Waals surface area (Å²) in [7, 11) is 1.66. The lowest BCUT2D eigenvalue weighted by molar-refractivity contribution is 0.416. The molecule has 0 aliphatic heterocycles. The quantitative estimate of drug-likeness (QED) is 0.588. The smallest absolute Gasteiger partial charge is 0.229 e. The van der Waals surface area contributed by atoms with Crippen LogP contribution in [0.4, 0.5) is 23.1 Å². The zero-order valence-corrected chi connectivity index (χ0v) is 16.5. The van der Waals surface area contributed by atoms with Gasteiger partial charge in [-0.1, -0.05) is 32.0 Å². The first-order valence-corrected chi connectivity index (χ1v) is 9.09. The lowest BCUT2D eigenvalue weighted by Crippen LogP contribution is -2.03. The molecule has 140 valence electrons. The van der Waals surface area contributed by atoms with Crippen molar-refractivity contribution in [2.24, 2.45) is 0 Å². The van der Waals surface area contributed by atoms with Crippen molar-refractivity contribution in [3.63, 3.8) is 0 Å². The molecule has 0 radical (unpaired) electrons. The van der Waals surface area contributed by atoms with Crippen LogP contribution in [0, 0.1) is 13.8 Å². The van der Waals surface area contributed by atoms with Crippen LogP contribution in [0.5, 0.6) is 5.75 Å². The molecule has 5 nitrogen and oxygen atoms in total. The van der Waals surface area contributed by atoms with Gasteiger partial charge in [0, 0.05) is 17.4 Å². The van der Waals surface area contributed by atoms with E-state index in [9.17, 15) is 0 Å². The first kappa shape index (κ1) is 18.7. The molecular formula is C22H26N4O. The lowest BCUT2D eigenvalue weighted by Gasteiger charge is -2.13. The van der Waals surface area contributed by atoms with E-state index in [0.29, 0.717) is 17.7 Å². The van der Waals surface area contributed by atoms with E-state index in [1.54, 1.807) is 7.11 Å². The molecule has 0 spiro atoms. The molecule has 0 aliphatic carbocycles. The molecule has 0 aliphatic rings. The minimum absolute atomic E-state index is 0.509. The lowest BCUT2D eigenvalue weighted by atomic mass is 10.0. The Balaban J connectivity index is 1.83. The second-order valence-electron chi connectivity index (χ2n) is 6.95. The fraction of sp³-hybridized carbons (Fsp3) is 0.273. The summed E-state index contributed by atoms with van der Waals surface area (Å²) < 4.78 is 5.44. The second-order valence-corrected chi connectivity index (χ2v) is 6.95. The average molecular weight is 362 g/mol. The van der Waals surface area contributed by atoms with Gasteiger partial charge >= 0.3 is 0 Å². The molecule has 0 bridgehead atoms. The van der Waals surface area contributed by atoms with Crippen LogP contribution in [-0.4, -0.2) is 17.1 Å². The van der Waals surface area contributed by atoms with Gasteiger partial charge in [-0.2, -0.15) is 4.98 Å². The van der Waals surface area contributed by atoms with Crippen LogP contribution < -0.4 is 15.4 Å². The van der Waals surface area contributed by atoms with E-state index < -0.39 is 0 Å². The standard InChI is InChI=1S/C22H26N4O/c1-14(2)17-7-9-18(10-8-17)24-22-23-16(4)13-21(26-22)25-19-12-15(3)6-11-20(19)27-5/h6-14H,1-5H3,(H2,23,24,25,26). The summed E-state index contributed by atoms with van der Waals surface area (Å²) in [5, 5.41) is 6.62. The fourth-order valence-electron chi connectivity index (χ4n) is 2.83. The van der Waals surface area contributed by atoms with E-state index in [1.807, 2.05) is 38.1 Å². The zero-order valence-electron chi connectivity index (χ0n) is 16.5. The van der Waals surface area contributed by atoms with Gasteiger partial charge < -0.3 is 15.4 Å². The zero-order chi connectivity index (χ0) is 19.4. The molecule has 0 fully saturated rings. The van der Waals surface area contributed by atoms with Crippen molar-refractivity contribution in [2.45, 2.75) is 33.6 Å². The van der Waals surface area contributed by atoms with E-state index in [1.165, 1.54) is 5.56 Å². The number of aryl methyl sites for hydroxylation is 2. The van der Waals surface area contributed by atoms with Crippen molar-refractivity contribution in [1.82, 2.24) is 9.97 Å². The molecule has 3 aromatic rings. The molecule has 0 unspecified atom stereocenters. The largest absolute Gasteiger partial charge is 0.495 e. The van der Waals surface area contributed by atoms with E-state index in [0.717, 1.165) is 28.4 Å². The van der Waals surface area contributed by atoms with Crippen LogP contribution in [0.1, 0.15) is 36.6 Å². The van der Waals surface area contributed by atoms with Gasteiger partial charge in [-0.3, -0.25) is 0 Å². The van der Waals surface area contributed by atoms with Crippen LogP contribution in [0.3, 0.4) is 0 Å². The van der Waals surface area contributed by atoms with Gasteiger partial charge in [0.2, 0.25) is 5.95 Å². The molecule has 2 N–H and O–H groups in total. The van der Waals surface area contributed by atoms with Gasteiger partial charge in [0.1, 0.15) is 11.6 Å². The van der Waals surface area contributed by atoms with Crippen LogP contribution in [0.2, 0.25) is 0 Å². The van der Waals surface area contributed by atoms with E-state index in [2.05, 4.69) is 58.7 Å². The molecule has 0 atom stereocenters. The summed E-state index contributed by atoms with van der Waals surface area (Å²) in [4.78, 5) is 9.09. The van der Waals surface area contributed by atoms with Crippen LogP contribution in [-0.2, 0) is 0 Å². The number of hydrogen-bond donors (Lipinski definition) is 2. The Morgan fingerprint density at radius 2 is 1.63 bits per heavy atom. The summed E-state index contributed by atoms with van der Waals surface area (Å²) >= 11 is 0. The third-order valence-electron chi connectivity index (χ3n) is 4.31. The second kappa shape index (κ2) is 8.08. The molecule has 0 amide bonds. The normalized spacial score (nSPS) is 10.7. The van der Waals surface area contributed by atoms with Gasteiger partial charge in [0.15, 0.2) is 0 Å². The minimum Gasteiger partial charge on any atom is -0.495 e. The third-order valence-corrected chi connectivity index (χ3v) is 4.31. The Bertz CT molecular complexity index is 920. The number of aromatic nitrogens is 2. The van der Waals surface area contributed by atoms with Crippen LogP contribution in [0.15, 0.2) is 48.5 Å². The van der Waals surface area contributed by atoms with Crippen molar-refractivity contribution in [3.8, 4) is 5.75 Å². The van der Waals surface area contributed by atoms with E-state index >= 15 is 0 Å². The molecule has 2 aromatic carbocycles. The highest BCUT2D eigenvalue weighted by atomic mass is 16.5. The van der Waals surface area contributed by atoms with Crippen molar-refractivity contribution < 1.29 is 4.74 Å². The van der Waals surface area contributed by atoms with Crippen LogP contribution in [0.25, 0.3) is 0 Å². The molecule has 1 heterocycles. The fourth-order valence-corrected chi connectivity index (χ4v) is 2.83. The first-order chi connectivity index (χ1) is 12.9. The number of methoxy groups -OCH3 is 1. The van der Waals surface area contributed by atoms with Crippen molar-refractivity contribution in [2.75, 3.05) is 17.7 Å². The summed E-state index contributed by atoms with van der Waals surface area (Å²) in [5.41, 5.74) is 5.17. The highest BCUT2D eigenvalue weighted by molar-refractivity contribution is 5.66. The number of anilines is 4. The van der Waals surface area contributed by atoms with Gasteiger partial charge in [-0.05, 0) is 55.2 Å². The molecule has 0 saturated heterocycles. The Labute approximate surface area is 160 Å². The van der Waals surface area contributed by atoms with Gasteiger partial charge in [-0.25, -0.2) is 4.98 Å². The van der Waals surface area contributed by atoms with Crippen molar-refractivity contribution >= 4 is 23.1 Å². The maximum absolute atomic E-state index is 5.44. The Hall–Kier alpha value is -3.08. The predicted octanol–water partition coefficient (Wildman–Crippen LogP) is 5.71. The highest BCUT2D eigenvalue weighted by Gasteiger charge is 2.08. The number of hydrogen-bond acceptors (Lipinski definition) is 5. The van der Waals surface area contributed by atoms with Crippen molar-refractivity contribution in [3.05, 3.63) is 65.4 Å². The predicted molar refractivity (Wildman–Crippen MR) is 112 cm³/mol. The molecule has 1 aromatic heterocycles. The number of rotatable bonds is 6. The number of nitrogens with zero attached hydrogens (tertiary/aromatic N) is 2. The molecular weight excluding hydrogens is 336 g/mol. The Morgan fingerprint density at radius 1 is 0.889 bits per heavy atom. The maximum atomic E-state index is 5.44. The summed E-state index contributed by atoms with van der Waals surface area (Å²) in [6.07, 6.45) is 0. The summed E-state index contributed by atoms with van der Waals surface area (Å²) in [6.45, 7) is 8.37. The highest BCUT2D eigenvalue weighted by Crippen LogP contribution is 2.28. The van der Waals surface area contributed by atoms with Crippen LogP contribution >= 0.6 is 0 Å². The van der Waals surface area contributed by atoms with E-state index in [-0.39, 0.29) is 0 Å². The van der Waals surface area contributed by atoms with Crippen molar-refractivity contribution in [1.29, 1.82) is 0 Å². The number of ether oxygens (including phenoxy) is 1. The number of nitrogens with one attached hydrogen (secondary N) is 2. The minimum atomic E-state index is 0.509. The molecule has 27 heavy (non-hydrogen) atoms. The SMILES string of the molecule is COc1ccc(C)cc1Nc1cc(C)nc(Nc2ccc(C(C)C)cc2)n1. The monoisotopic (exact) mass is 362 g/mol. The number of benzene rings is 2. The summed E-state index contributed by atoms with van der Waals surface area (Å²) in [5.74, 6) is 2.55. The third kappa shape index (κ3) is 4.76.